The van der Waals surface area contributed by atoms with Crippen LogP contribution in [0.3, 0.4) is 0 Å². The van der Waals surface area contributed by atoms with E-state index >= 15 is 0 Å². The van der Waals surface area contributed by atoms with Gasteiger partial charge in [-0.25, -0.2) is 4.98 Å². The Morgan fingerprint density at radius 2 is 1.88 bits per heavy atom. The molecule has 0 fully saturated rings. The molecule has 26 heavy (non-hydrogen) atoms. The number of carbonyl (C=O) groups excluding carboxylic acids is 1. The topological polar surface area (TPSA) is 93.0 Å². The summed E-state index contributed by atoms with van der Waals surface area (Å²) in [4.78, 5) is 19.3. The van der Waals surface area contributed by atoms with Crippen LogP contribution < -0.4 is 15.8 Å². The van der Waals surface area contributed by atoms with E-state index in [1.165, 1.54) is 19.2 Å². The number of benzene rings is 2. The van der Waals surface area contributed by atoms with E-state index in [0.717, 1.165) is 11.3 Å². The third kappa shape index (κ3) is 4.40. The maximum Gasteiger partial charge on any atom is 0.255 e. The molecule has 1 aromatic heterocycles. The highest BCUT2D eigenvalue weighted by atomic mass is 35.5. The second-order valence-corrected chi connectivity index (χ2v) is 6.08. The fourth-order valence-corrected chi connectivity index (χ4v) is 2.85. The lowest BCUT2D eigenvalue weighted by molar-refractivity contribution is 0.102. The molecule has 9 heteroatoms. The number of nitrogens with zero attached hydrogens (tertiary/aromatic N) is 1. The van der Waals surface area contributed by atoms with Crippen LogP contribution in [-0.2, 0) is 0 Å². The lowest BCUT2D eigenvalue weighted by Crippen LogP contribution is -2.12. The molecule has 3 rings (SSSR count). The third-order valence-electron chi connectivity index (χ3n) is 3.48. The predicted octanol–water partition coefficient (Wildman–Crippen LogP) is 4.65. The van der Waals surface area contributed by atoms with Crippen molar-refractivity contribution in [1.82, 2.24) is 9.97 Å². The van der Waals surface area contributed by atoms with Crippen molar-refractivity contribution in [3.8, 4) is 17.0 Å². The first-order chi connectivity index (χ1) is 12.0. The smallest absolute Gasteiger partial charge is 0.255 e. The molecule has 2 aromatic carbocycles. The first-order valence-electron chi connectivity index (χ1n) is 7.22. The summed E-state index contributed by atoms with van der Waals surface area (Å²) in [5.74, 6) is 0.470. The zero-order chi connectivity index (χ0) is 18.0. The van der Waals surface area contributed by atoms with Crippen molar-refractivity contribution in [3.63, 3.8) is 0 Å². The summed E-state index contributed by atoms with van der Waals surface area (Å²) < 4.78 is 5.37. The summed E-state index contributed by atoms with van der Waals surface area (Å²) in [6.07, 6.45) is 1.62. The summed E-state index contributed by atoms with van der Waals surface area (Å²) in [6, 6.07) is 9.96. The Balaban J connectivity index is 0.00000243. The zero-order valence-electron chi connectivity index (χ0n) is 13.5. The number of nitrogens with one attached hydrogen (secondary N) is 2. The molecule has 0 atom stereocenters. The van der Waals surface area contributed by atoms with Crippen molar-refractivity contribution >= 4 is 53.2 Å². The second kappa shape index (κ2) is 8.31. The van der Waals surface area contributed by atoms with Gasteiger partial charge in [0, 0.05) is 21.2 Å². The number of aromatic amines is 1. The minimum absolute atomic E-state index is 0. The number of amides is 1. The molecule has 3 aromatic rings. The fraction of sp³-hybridized carbons (Fsp3) is 0.0588. The van der Waals surface area contributed by atoms with Gasteiger partial charge in [-0.3, -0.25) is 4.79 Å². The minimum Gasteiger partial charge on any atom is -0.495 e. The van der Waals surface area contributed by atoms with E-state index in [4.69, 9.17) is 33.7 Å². The standard InChI is InChI=1S/C17H14Cl2N4O2.ClH/c1-25-15-6-9(14-8-21-17(20)23-14)2-3-13(15)22-16(24)10-4-11(18)7-12(19)5-10;/h2-8H,1H3,(H,22,24)(H3,20,21,23);1H. The number of halogens is 3. The number of H-pyrrole nitrogens is 1. The van der Waals surface area contributed by atoms with Crippen LogP contribution in [0.4, 0.5) is 11.6 Å². The highest BCUT2D eigenvalue weighted by Gasteiger charge is 2.13. The van der Waals surface area contributed by atoms with Gasteiger partial charge in [0.05, 0.1) is 24.7 Å². The summed E-state index contributed by atoms with van der Waals surface area (Å²) in [7, 11) is 1.52. The van der Waals surface area contributed by atoms with Gasteiger partial charge in [-0.2, -0.15) is 0 Å². The van der Waals surface area contributed by atoms with Crippen molar-refractivity contribution in [2.45, 2.75) is 0 Å². The Bertz CT molecular complexity index is 923. The van der Waals surface area contributed by atoms with Gasteiger partial charge in [0.25, 0.3) is 5.91 Å². The average Bonchev–Trinajstić information content (AvgIpc) is 3.00. The molecule has 0 aliphatic rings. The summed E-state index contributed by atoms with van der Waals surface area (Å²) in [6.45, 7) is 0. The minimum atomic E-state index is -0.346. The van der Waals surface area contributed by atoms with Crippen LogP contribution in [0.2, 0.25) is 10.0 Å². The average molecular weight is 414 g/mol. The van der Waals surface area contributed by atoms with Crippen LogP contribution in [0.1, 0.15) is 10.4 Å². The number of imidazole rings is 1. The molecule has 4 N–H and O–H groups in total. The van der Waals surface area contributed by atoms with Gasteiger partial charge in [0.15, 0.2) is 5.95 Å². The van der Waals surface area contributed by atoms with Crippen molar-refractivity contribution in [2.24, 2.45) is 0 Å². The quantitative estimate of drug-likeness (QED) is 0.580. The molecule has 0 aliphatic carbocycles. The van der Waals surface area contributed by atoms with Crippen molar-refractivity contribution in [1.29, 1.82) is 0 Å². The monoisotopic (exact) mass is 412 g/mol. The first kappa shape index (κ1) is 19.9. The number of carbonyl (C=O) groups is 1. The Kier molecular flexibility index (Phi) is 6.37. The third-order valence-corrected chi connectivity index (χ3v) is 3.92. The summed E-state index contributed by atoms with van der Waals surface area (Å²) in [5, 5.41) is 3.56. The maximum absolute atomic E-state index is 12.4. The molecular weight excluding hydrogens is 399 g/mol. The van der Waals surface area contributed by atoms with Gasteiger partial charge in [-0.1, -0.05) is 29.3 Å². The largest absolute Gasteiger partial charge is 0.495 e. The van der Waals surface area contributed by atoms with Crippen LogP contribution in [0.25, 0.3) is 11.3 Å². The van der Waals surface area contributed by atoms with Gasteiger partial charge < -0.3 is 20.8 Å². The van der Waals surface area contributed by atoms with Gasteiger partial charge in [0.2, 0.25) is 0 Å². The highest BCUT2D eigenvalue weighted by Crippen LogP contribution is 2.31. The molecule has 136 valence electrons. The molecule has 0 spiro atoms. The lowest BCUT2D eigenvalue weighted by Gasteiger charge is -2.12. The molecule has 0 aliphatic heterocycles. The number of nitrogens with two attached hydrogens (primary N) is 1. The molecule has 0 saturated carbocycles. The Labute approximate surface area is 166 Å². The van der Waals surface area contributed by atoms with E-state index in [-0.39, 0.29) is 18.3 Å². The fourth-order valence-electron chi connectivity index (χ4n) is 2.32. The van der Waals surface area contributed by atoms with E-state index in [1.807, 2.05) is 6.07 Å². The highest BCUT2D eigenvalue weighted by molar-refractivity contribution is 6.35. The molecule has 0 unspecified atom stereocenters. The number of aromatic nitrogens is 2. The number of hydrogen-bond acceptors (Lipinski definition) is 4. The maximum atomic E-state index is 12.4. The van der Waals surface area contributed by atoms with Crippen molar-refractivity contribution in [2.75, 3.05) is 18.2 Å². The number of rotatable bonds is 4. The molecule has 0 bridgehead atoms. The van der Waals surface area contributed by atoms with Crippen molar-refractivity contribution < 1.29 is 9.53 Å². The van der Waals surface area contributed by atoms with Crippen molar-refractivity contribution in [3.05, 3.63) is 58.2 Å². The number of methoxy groups -OCH3 is 1. The zero-order valence-corrected chi connectivity index (χ0v) is 15.9. The Hall–Kier alpha value is -2.41. The number of ether oxygens (including phenoxy) is 1. The molecule has 1 amide bonds. The molecule has 1 heterocycles. The van der Waals surface area contributed by atoms with E-state index in [0.29, 0.717) is 33.0 Å². The number of nitrogen functional groups attached to an aromatic ring is 1. The van der Waals surface area contributed by atoms with Crippen LogP contribution in [-0.4, -0.2) is 23.0 Å². The van der Waals surface area contributed by atoms with E-state index in [1.54, 1.807) is 24.4 Å². The summed E-state index contributed by atoms with van der Waals surface area (Å²) in [5.41, 5.74) is 8.03. The normalized spacial score (nSPS) is 10.1. The molecule has 0 saturated heterocycles. The summed E-state index contributed by atoms with van der Waals surface area (Å²) >= 11 is 11.9. The SMILES string of the molecule is COc1cc(-c2cnc(N)[nH]2)ccc1NC(=O)c1cc(Cl)cc(Cl)c1.Cl. The van der Waals surface area contributed by atoms with E-state index in [2.05, 4.69) is 15.3 Å². The van der Waals surface area contributed by atoms with Crippen LogP contribution in [0.15, 0.2) is 42.6 Å². The van der Waals surface area contributed by atoms with Gasteiger partial charge in [0.1, 0.15) is 5.75 Å². The number of anilines is 2. The van der Waals surface area contributed by atoms with Gasteiger partial charge >= 0.3 is 0 Å². The molecular formula is C17H15Cl3N4O2. The van der Waals surface area contributed by atoms with E-state index < -0.39 is 0 Å². The van der Waals surface area contributed by atoms with Crippen LogP contribution in [0, 0.1) is 0 Å². The Morgan fingerprint density at radius 1 is 1.19 bits per heavy atom. The Morgan fingerprint density at radius 3 is 2.46 bits per heavy atom. The second-order valence-electron chi connectivity index (χ2n) is 5.21. The van der Waals surface area contributed by atoms with Crippen LogP contribution in [0.5, 0.6) is 5.75 Å². The molecule has 6 nitrogen and oxygen atoms in total. The van der Waals surface area contributed by atoms with E-state index in [9.17, 15) is 4.79 Å². The van der Waals surface area contributed by atoms with Crippen LogP contribution >= 0.6 is 35.6 Å². The van der Waals surface area contributed by atoms with Gasteiger partial charge in [-0.15, -0.1) is 12.4 Å². The first-order valence-corrected chi connectivity index (χ1v) is 7.98. The number of hydrogen-bond donors (Lipinski definition) is 3. The lowest BCUT2D eigenvalue weighted by atomic mass is 10.1. The van der Waals surface area contributed by atoms with Gasteiger partial charge in [-0.05, 0) is 30.3 Å². The molecule has 0 radical (unpaired) electrons. The predicted molar refractivity (Wildman–Crippen MR) is 107 cm³/mol.